The number of aromatic nitrogens is 1. The number of unbranched alkanes of at least 4 members (excludes halogenated alkanes) is 5. The number of amides is 1. The average Bonchev–Trinajstić information content (AvgIpc) is 3.15. The van der Waals surface area contributed by atoms with Gasteiger partial charge in [0.25, 0.3) is 5.91 Å². The van der Waals surface area contributed by atoms with Gasteiger partial charge in [0.05, 0.1) is 57.2 Å². The van der Waals surface area contributed by atoms with Gasteiger partial charge in [0, 0.05) is 73.8 Å². The van der Waals surface area contributed by atoms with Crippen LogP contribution in [-0.4, -0.2) is 92.0 Å². The summed E-state index contributed by atoms with van der Waals surface area (Å²) in [5, 5.41) is 0.293. The van der Waals surface area contributed by atoms with Crippen LogP contribution in [0.4, 0.5) is 14.5 Å². The van der Waals surface area contributed by atoms with Crippen molar-refractivity contribution in [2.24, 2.45) is 0 Å². The minimum Gasteiger partial charge on any atom is -1.00 e. The van der Waals surface area contributed by atoms with Crippen LogP contribution in [0.5, 0.6) is 17.2 Å². The summed E-state index contributed by atoms with van der Waals surface area (Å²) in [6.45, 7) is 16.0. The summed E-state index contributed by atoms with van der Waals surface area (Å²) in [5.41, 5.74) is 0.497. The number of nitrogens with zero attached hydrogens (tertiary/aromatic N) is 4. The number of ether oxygens (including phenoxy) is 3. The van der Waals surface area contributed by atoms with Crippen molar-refractivity contribution >= 4 is 22.5 Å². The fourth-order valence-corrected chi connectivity index (χ4v) is 7.75. The van der Waals surface area contributed by atoms with Gasteiger partial charge in [-0.25, -0.2) is 8.78 Å². The number of carbonyl (C=O) groups excluding carboxylic acids is 1. The third-order valence-electron chi connectivity index (χ3n) is 10.7. The second kappa shape index (κ2) is 19.0. The summed E-state index contributed by atoms with van der Waals surface area (Å²) >= 11 is 0. The number of pyridine rings is 1. The third-order valence-corrected chi connectivity index (χ3v) is 10.7. The number of rotatable bonds is 18. The van der Waals surface area contributed by atoms with E-state index in [2.05, 4.69) is 4.90 Å². The number of fused-ring (bicyclic) bond motifs is 4. The number of halogens is 3. The van der Waals surface area contributed by atoms with Gasteiger partial charge >= 0.3 is 0 Å². The molecule has 9 nitrogen and oxygen atoms in total. The maximum Gasteiger partial charge on any atom is 0.263 e. The van der Waals surface area contributed by atoms with Gasteiger partial charge in [0.2, 0.25) is 5.43 Å². The van der Waals surface area contributed by atoms with Crippen molar-refractivity contribution in [2.75, 3.05) is 77.1 Å². The molecule has 0 radical (unpaired) electrons. The quantitative estimate of drug-likeness (QED) is 0.108. The van der Waals surface area contributed by atoms with Crippen molar-refractivity contribution in [3.8, 4) is 22.9 Å². The molecule has 0 N–H and O–H groups in total. The van der Waals surface area contributed by atoms with Gasteiger partial charge in [-0.2, -0.15) is 0 Å². The first-order valence-electron chi connectivity index (χ1n) is 19.3. The van der Waals surface area contributed by atoms with E-state index >= 15 is 0 Å². The SMILES string of the molecule is CCOc1cc(OCC)cc(-n2cc(C(=O)N(CC)c3cc(F)cc(F)c3)c(=O)c3ccc(OCCCCCCCC[N+]45CCN(CC4)CC5)cc32)c1.[Br-]. The Kier molecular flexibility index (Phi) is 14.5. The average molecular weight is 812 g/mol. The van der Waals surface area contributed by atoms with Crippen molar-refractivity contribution in [1.82, 2.24) is 9.47 Å². The van der Waals surface area contributed by atoms with Gasteiger partial charge in [-0.15, -0.1) is 0 Å². The summed E-state index contributed by atoms with van der Waals surface area (Å²) in [7, 11) is 0. The van der Waals surface area contributed by atoms with Crippen molar-refractivity contribution < 1.29 is 49.3 Å². The van der Waals surface area contributed by atoms with E-state index in [1.165, 1.54) is 87.1 Å². The van der Waals surface area contributed by atoms with E-state index in [0.29, 0.717) is 53.7 Å². The van der Waals surface area contributed by atoms with Crippen LogP contribution >= 0.6 is 0 Å². The first kappa shape index (κ1) is 41.2. The Morgan fingerprint density at radius 3 is 1.98 bits per heavy atom. The van der Waals surface area contributed by atoms with Gasteiger partial charge in [-0.05, 0) is 64.3 Å². The zero-order valence-corrected chi connectivity index (χ0v) is 33.3. The fraction of sp³-hybridized carbons (Fsp3) is 0.476. The Morgan fingerprint density at radius 2 is 1.37 bits per heavy atom. The van der Waals surface area contributed by atoms with Crippen LogP contribution in [0.2, 0.25) is 0 Å². The van der Waals surface area contributed by atoms with E-state index in [0.717, 1.165) is 31.0 Å². The number of carbonyl (C=O) groups is 1. The topological polar surface area (TPSA) is 73.2 Å². The molecule has 3 saturated heterocycles. The number of anilines is 1. The minimum absolute atomic E-state index is 0. The summed E-state index contributed by atoms with van der Waals surface area (Å²) in [6.07, 6.45) is 8.50. The fourth-order valence-electron chi connectivity index (χ4n) is 7.75. The predicted molar refractivity (Wildman–Crippen MR) is 205 cm³/mol. The molecular formula is C42H53BrF2N4O5. The molecule has 0 atom stereocenters. The van der Waals surface area contributed by atoms with E-state index in [1.807, 2.05) is 32.0 Å². The minimum atomic E-state index is -0.819. The first-order chi connectivity index (χ1) is 25.7. The molecule has 4 aromatic rings. The largest absolute Gasteiger partial charge is 1.00 e. The van der Waals surface area contributed by atoms with Crippen LogP contribution in [0.15, 0.2) is 65.6 Å². The van der Waals surface area contributed by atoms with Gasteiger partial charge < -0.3 is 45.1 Å². The maximum atomic E-state index is 14.2. The van der Waals surface area contributed by atoms with Crippen LogP contribution in [0.1, 0.15) is 69.7 Å². The second-order valence-corrected chi connectivity index (χ2v) is 14.2. The van der Waals surface area contributed by atoms with Crippen LogP contribution < -0.4 is 41.5 Å². The molecular weight excluding hydrogens is 758 g/mol. The van der Waals surface area contributed by atoms with Crippen molar-refractivity contribution in [3.63, 3.8) is 0 Å². The lowest BCUT2D eigenvalue weighted by Crippen LogP contribution is -3.00. The van der Waals surface area contributed by atoms with E-state index in [-0.39, 0.29) is 34.8 Å². The summed E-state index contributed by atoms with van der Waals surface area (Å²) in [4.78, 5) is 31.8. The lowest BCUT2D eigenvalue weighted by Gasteiger charge is -2.50. The monoisotopic (exact) mass is 810 g/mol. The highest BCUT2D eigenvalue weighted by molar-refractivity contribution is 6.07. The molecule has 3 aliphatic rings. The number of hydrogen-bond acceptors (Lipinski definition) is 6. The number of piperazine rings is 3. The number of hydrogen-bond donors (Lipinski definition) is 0. The predicted octanol–water partition coefficient (Wildman–Crippen LogP) is 4.60. The Bertz CT molecular complexity index is 1890. The van der Waals surface area contributed by atoms with Crippen LogP contribution in [0.3, 0.4) is 0 Å². The highest BCUT2D eigenvalue weighted by Crippen LogP contribution is 2.30. The standard InChI is InChI=1S/C42H53F2N4O5.BrH/c1-4-46(33-24-31(43)23-32(44)25-33)42(50)39-30-47(34-26-36(51-5-2)28-37(27-34)52-6-3)40-29-35(13-14-38(40)41(39)49)53-22-12-10-8-7-9-11-18-48-19-15-45(16-20-48)17-21-48;/h13-14,23-30H,4-12,15-22H2,1-3H3;1H/q+1;/p-1. The zero-order chi connectivity index (χ0) is 37.4. The normalized spacial score (nSPS) is 17.6. The maximum absolute atomic E-state index is 14.2. The van der Waals surface area contributed by atoms with Crippen LogP contribution in [0, 0.1) is 11.6 Å². The molecule has 0 saturated carbocycles. The molecule has 54 heavy (non-hydrogen) atoms. The molecule has 3 aromatic carbocycles. The smallest absolute Gasteiger partial charge is 0.263 e. The summed E-state index contributed by atoms with van der Waals surface area (Å²) < 4.78 is 49.4. The van der Waals surface area contributed by atoms with Crippen LogP contribution in [-0.2, 0) is 0 Å². The molecule has 3 fully saturated rings. The lowest BCUT2D eigenvalue weighted by molar-refractivity contribution is -0.941. The molecule has 1 aromatic heterocycles. The Morgan fingerprint density at radius 1 is 0.759 bits per heavy atom. The molecule has 7 rings (SSSR count). The molecule has 4 heterocycles. The van der Waals surface area contributed by atoms with Gasteiger partial charge in [-0.3, -0.25) is 14.5 Å². The highest BCUT2D eigenvalue weighted by Gasteiger charge is 2.37. The Labute approximate surface area is 327 Å². The van der Waals surface area contributed by atoms with Gasteiger partial charge in [-0.1, -0.05) is 19.3 Å². The number of benzene rings is 3. The highest BCUT2D eigenvalue weighted by atomic mass is 79.9. The number of quaternary nitrogens is 1. The van der Waals surface area contributed by atoms with E-state index in [9.17, 15) is 18.4 Å². The Balaban J connectivity index is 0.00000561. The molecule has 0 spiro atoms. The molecule has 1 amide bonds. The second-order valence-electron chi connectivity index (χ2n) is 14.2. The van der Waals surface area contributed by atoms with Gasteiger partial charge in [0.15, 0.2) is 0 Å². The van der Waals surface area contributed by atoms with Gasteiger partial charge in [0.1, 0.15) is 34.4 Å². The molecule has 0 unspecified atom stereocenters. The molecule has 0 aliphatic carbocycles. The Hall–Kier alpha value is -4.00. The lowest BCUT2D eigenvalue weighted by atomic mass is 10.1. The third kappa shape index (κ3) is 9.80. The van der Waals surface area contributed by atoms with E-state index in [4.69, 9.17) is 14.2 Å². The molecule has 2 bridgehead atoms. The zero-order valence-electron chi connectivity index (χ0n) is 31.8. The van der Waals surface area contributed by atoms with E-state index < -0.39 is 23.0 Å². The van der Waals surface area contributed by atoms with Crippen molar-refractivity contribution in [2.45, 2.75) is 59.3 Å². The summed E-state index contributed by atoms with van der Waals surface area (Å²) in [6, 6.07) is 13.5. The molecule has 12 heteroatoms. The molecule has 292 valence electrons. The summed E-state index contributed by atoms with van der Waals surface area (Å²) in [5.74, 6) is -0.590. The first-order valence-corrected chi connectivity index (χ1v) is 19.3. The molecule has 3 aliphatic heterocycles. The van der Waals surface area contributed by atoms with Crippen LogP contribution in [0.25, 0.3) is 16.6 Å². The van der Waals surface area contributed by atoms with Crippen molar-refractivity contribution in [3.05, 3.63) is 88.2 Å². The van der Waals surface area contributed by atoms with Crippen molar-refractivity contribution in [1.29, 1.82) is 0 Å². The van der Waals surface area contributed by atoms with E-state index in [1.54, 1.807) is 29.7 Å².